The summed E-state index contributed by atoms with van der Waals surface area (Å²) in [5.74, 6) is 0.0534. The van der Waals surface area contributed by atoms with Gasteiger partial charge in [-0.25, -0.2) is 4.39 Å². The van der Waals surface area contributed by atoms with Crippen molar-refractivity contribution >= 4 is 28.5 Å². The molecule has 1 amide bonds. The number of aryl methyl sites for hydroxylation is 1. The third kappa shape index (κ3) is 3.64. The summed E-state index contributed by atoms with van der Waals surface area (Å²) in [4.78, 5) is 17.1. The smallest absolute Gasteiger partial charge is 0.289 e. The fourth-order valence-corrected chi connectivity index (χ4v) is 3.97. The molecule has 0 radical (unpaired) electrons. The quantitative estimate of drug-likeness (QED) is 0.628. The molecule has 0 spiro atoms. The maximum Gasteiger partial charge on any atom is 0.289 e. The van der Waals surface area contributed by atoms with Gasteiger partial charge >= 0.3 is 0 Å². The third-order valence-electron chi connectivity index (χ3n) is 5.34. The number of furan rings is 1. The molecule has 2 heterocycles. The Labute approximate surface area is 168 Å². The summed E-state index contributed by atoms with van der Waals surface area (Å²) in [5.41, 5.74) is 2.06. The van der Waals surface area contributed by atoms with Gasteiger partial charge in [0.2, 0.25) is 0 Å². The predicted octanol–water partition coefficient (Wildman–Crippen LogP) is 4.88. The molecule has 4 nitrogen and oxygen atoms in total. The number of hydrogen-bond acceptors (Lipinski definition) is 3. The molecule has 146 valence electrons. The van der Waals surface area contributed by atoms with Crippen molar-refractivity contribution in [2.45, 2.75) is 19.9 Å². The molecule has 0 unspecified atom stereocenters. The van der Waals surface area contributed by atoms with E-state index in [-0.39, 0.29) is 11.7 Å². The molecular formula is C22H22ClFN2O2. The van der Waals surface area contributed by atoms with E-state index < -0.39 is 0 Å². The standard InChI is InChI=1S/C22H22ClFN2O2/c1-15-17-7-4-8-18(23)21(17)28-20(15)22(27)26-11-5-10-25(12-13-26)14-16-6-2-3-9-19(16)24/h2-4,6-9H,5,10-14H2,1H3. The highest BCUT2D eigenvalue weighted by Crippen LogP contribution is 2.31. The van der Waals surface area contributed by atoms with Gasteiger partial charge in [0.25, 0.3) is 5.91 Å². The number of benzene rings is 2. The lowest BCUT2D eigenvalue weighted by Gasteiger charge is -2.21. The zero-order valence-corrected chi connectivity index (χ0v) is 16.5. The highest BCUT2D eigenvalue weighted by molar-refractivity contribution is 6.35. The van der Waals surface area contributed by atoms with Crippen LogP contribution in [0.1, 0.15) is 28.1 Å². The number of rotatable bonds is 3. The molecule has 4 rings (SSSR count). The minimum atomic E-state index is -0.186. The Morgan fingerprint density at radius 1 is 1.11 bits per heavy atom. The van der Waals surface area contributed by atoms with Gasteiger partial charge in [0.05, 0.1) is 5.02 Å². The molecule has 2 aromatic carbocycles. The van der Waals surface area contributed by atoms with Crippen LogP contribution in [0.3, 0.4) is 0 Å². The van der Waals surface area contributed by atoms with Gasteiger partial charge in [0.1, 0.15) is 5.82 Å². The second kappa shape index (κ2) is 7.94. The van der Waals surface area contributed by atoms with Gasteiger partial charge in [0, 0.05) is 49.2 Å². The predicted molar refractivity (Wildman–Crippen MR) is 108 cm³/mol. The molecule has 1 aliphatic rings. The molecule has 0 bridgehead atoms. The van der Waals surface area contributed by atoms with Crippen LogP contribution in [0.5, 0.6) is 0 Å². The molecule has 1 fully saturated rings. The van der Waals surface area contributed by atoms with Gasteiger partial charge in [-0.3, -0.25) is 9.69 Å². The molecule has 3 aromatic rings. The van der Waals surface area contributed by atoms with E-state index in [1.54, 1.807) is 12.1 Å². The number of hydrogen-bond donors (Lipinski definition) is 0. The lowest BCUT2D eigenvalue weighted by Crippen LogP contribution is -2.35. The number of fused-ring (bicyclic) bond motifs is 1. The van der Waals surface area contributed by atoms with E-state index >= 15 is 0 Å². The highest BCUT2D eigenvalue weighted by atomic mass is 35.5. The van der Waals surface area contributed by atoms with Crippen LogP contribution >= 0.6 is 11.6 Å². The zero-order valence-electron chi connectivity index (χ0n) is 15.8. The molecule has 1 saturated heterocycles. The SMILES string of the molecule is Cc1c(C(=O)N2CCCN(Cc3ccccc3F)CC2)oc2c(Cl)cccc12. The van der Waals surface area contributed by atoms with Crippen molar-refractivity contribution in [2.75, 3.05) is 26.2 Å². The van der Waals surface area contributed by atoms with E-state index in [2.05, 4.69) is 4.90 Å². The maximum absolute atomic E-state index is 13.9. The Bertz CT molecular complexity index is 1020. The van der Waals surface area contributed by atoms with Crippen molar-refractivity contribution in [3.63, 3.8) is 0 Å². The van der Waals surface area contributed by atoms with Gasteiger partial charge in [-0.1, -0.05) is 41.9 Å². The first-order valence-corrected chi connectivity index (χ1v) is 9.85. The van der Waals surface area contributed by atoms with Gasteiger partial charge in [-0.2, -0.15) is 0 Å². The summed E-state index contributed by atoms with van der Waals surface area (Å²) in [6.45, 7) is 5.18. The number of amides is 1. The number of para-hydroxylation sites is 1. The van der Waals surface area contributed by atoms with Crippen molar-refractivity contribution in [1.29, 1.82) is 0 Å². The number of nitrogens with zero attached hydrogens (tertiary/aromatic N) is 2. The van der Waals surface area contributed by atoms with E-state index in [0.717, 1.165) is 23.9 Å². The van der Waals surface area contributed by atoms with Crippen LogP contribution in [0.25, 0.3) is 11.0 Å². The van der Waals surface area contributed by atoms with E-state index in [0.29, 0.717) is 48.1 Å². The molecular weight excluding hydrogens is 379 g/mol. The molecule has 0 aliphatic carbocycles. The lowest BCUT2D eigenvalue weighted by atomic mass is 10.1. The summed E-state index contributed by atoms with van der Waals surface area (Å²) in [5, 5.41) is 1.37. The van der Waals surface area contributed by atoms with Crippen LogP contribution < -0.4 is 0 Å². The Balaban J connectivity index is 1.49. The van der Waals surface area contributed by atoms with Crippen molar-refractivity contribution in [3.05, 3.63) is 70.2 Å². The Hall–Kier alpha value is -2.37. The summed E-state index contributed by atoms with van der Waals surface area (Å²) < 4.78 is 19.8. The fraction of sp³-hybridized carbons (Fsp3) is 0.318. The third-order valence-corrected chi connectivity index (χ3v) is 5.64. The number of halogens is 2. The van der Waals surface area contributed by atoms with E-state index in [1.807, 2.05) is 36.1 Å². The molecule has 1 aromatic heterocycles. The van der Waals surface area contributed by atoms with Crippen molar-refractivity contribution in [2.24, 2.45) is 0 Å². The topological polar surface area (TPSA) is 36.7 Å². The number of carbonyl (C=O) groups excluding carboxylic acids is 1. The van der Waals surface area contributed by atoms with Gasteiger partial charge in [0.15, 0.2) is 11.3 Å². The molecule has 1 aliphatic heterocycles. The summed E-state index contributed by atoms with van der Waals surface area (Å²) in [6, 6.07) is 12.4. The highest BCUT2D eigenvalue weighted by Gasteiger charge is 2.26. The molecule has 0 N–H and O–H groups in total. The van der Waals surface area contributed by atoms with Crippen molar-refractivity contribution in [1.82, 2.24) is 9.80 Å². The average molecular weight is 401 g/mol. The van der Waals surface area contributed by atoms with E-state index in [4.69, 9.17) is 16.0 Å². The molecule has 0 atom stereocenters. The van der Waals surface area contributed by atoms with E-state index in [9.17, 15) is 9.18 Å². The Morgan fingerprint density at radius 3 is 2.71 bits per heavy atom. The molecule has 28 heavy (non-hydrogen) atoms. The Kier molecular flexibility index (Phi) is 5.38. The molecule has 6 heteroatoms. The van der Waals surface area contributed by atoms with Crippen LogP contribution in [0.4, 0.5) is 4.39 Å². The Morgan fingerprint density at radius 2 is 1.93 bits per heavy atom. The van der Waals surface area contributed by atoms with Crippen LogP contribution in [0.2, 0.25) is 5.02 Å². The number of carbonyl (C=O) groups is 1. The summed E-state index contributed by atoms with van der Waals surface area (Å²) in [7, 11) is 0. The second-order valence-corrected chi connectivity index (χ2v) is 7.59. The monoisotopic (exact) mass is 400 g/mol. The maximum atomic E-state index is 13.9. The zero-order chi connectivity index (χ0) is 19.7. The van der Waals surface area contributed by atoms with Crippen LogP contribution in [-0.2, 0) is 6.54 Å². The minimum Gasteiger partial charge on any atom is -0.449 e. The van der Waals surface area contributed by atoms with Crippen molar-refractivity contribution < 1.29 is 13.6 Å². The van der Waals surface area contributed by atoms with Crippen LogP contribution in [0.15, 0.2) is 46.9 Å². The summed E-state index contributed by atoms with van der Waals surface area (Å²) in [6.07, 6.45) is 0.834. The average Bonchev–Trinajstić information content (AvgIpc) is 2.87. The molecule has 0 saturated carbocycles. The minimum absolute atomic E-state index is 0.113. The first-order chi connectivity index (χ1) is 13.5. The van der Waals surface area contributed by atoms with Gasteiger partial charge in [-0.05, 0) is 25.5 Å². The van der Waals surface area contributed by atoms with Crippen LogP contribution in [-0.4, -0.2) is 41.9 Å². The van der Waals surface area contributed by atoms with Crippen LogP contribution in [0, 0.1) is 12.7 Å². The van der Waals surface area contributed by atoms with Crippen molar-refractivity contribution in [3.8, 4) is 0 Å². The largest absolute Gasteiger partial charge is 0.449 e. The van der Waals surface area contributed by atoms with E-state index in [1.165, 1.54) is 6.07 Å². The van der Waals surface area contributed by atoms with Gasteiger partial charge < -0.3 is 9.32 Å². The van der Waals surface area contributed by atoms with Gasteiger partial charge in [-0.15, -0.1) is 0 Å². The lowest BCUT2D eigenvalue weighted by molar-refractivity contribution is 0.0730. The second-order valence-electron chi connectivity index (χ2n) is 7.19. The normalized spacial score (nSPS) is 15.8. The fourth-order valence-electron chi connectivity index (χ4n) is 3.76. The first-order valence-electron chi connectivity index (χ1n) is 9.47. The first kappa shape index (κ1) is 19.0. The summed E-state index contributed by atoms with van der Waals surface area (Å²) >= 11 is 6.21.